The number of carbonyl (C=O) groups excluding carboxylic acids is 1. The third kappa shape index (κ3) is 5.59. The fourth-order valence-corrected chi connectivity index (χ4v) is 3.69. The first kappa shape index (κ1) is 20.0. The lowest BCUT2D eigenvalue weighted by Crippen LogP contribution is -2.47. The van der Waals surface area contributed by atoms with Crippen molar-refractivity contribution >= 4 is 18.3 Å². The number of likely N-dealkylation sites (tertiary alicyclic amines) is 1. The number of hydrogen-bond acceptors (Lipinski definition) is 4. The topological polar surface area (TPSA) is 44.8 Å². The highest BCUT2D eigenvalue weighted by atomic mass is 35.5. The summed E-state index contributed by atoms with van der Waals surface area (Å²) in [5.74, 6) is 1.87. The van der Waals surface area contributed by atoms with Crippen molar-refractivity contribution in [2.45, 2.75) is 25.2 Å². The van der Waals surface area contributed by atoms with E-state index >= 15 is 0 Å². The molecule has 2 heterocycles. The molecule has 25 heavy (non-hydrogen) atoms. The number of benzene rings is 1. The van der Waals surface area contributed by atoms with Crippen LogP contribution >= 0.6 is 12.4 Å². The number of amides is 1. The van der Waals surface area contributed by atoms with Crippen LogP contribution in [-0.2, 0) is 4.79 Å². The fraction of sp³-hybridized carbons (Fsp3) is 0.632. The highest BCUT2D eigenvalue weighted by Crippen LogP contribution is 2.29. The van der Waals surface area contributed by atoms with E-state index in [1.165, 1.54) is 18.4 Å². The zero-order valence-electron chi connectivity index (χ0n) is 15.1. The Balaban J connectivity index is 0.00000225. The number of nitrogens with zero attached hydrogens (tertiary/aromatic N) is 2. The molecule has 0 aromatic heterocycles. The van der Waals surface area contributed by atoms with Gasteiger partial charge in [0.2, 0.25) is 5.91 Å². The second kappa shape index (κ2) is 10.00. The maximum absolute atomic E-state index is 12.2. The summed E-state index contributed by atoms with van der Waals surface area (Å²) < 4.78 is 5.23. The van der Waals surface area contributed by atoms with Crippen molar-refractivity contribution in [1.29, 1.82) is 0 Å². The van der Waals surface area contributed by atoms with E-state index in [2.05, 4.69) is 22.3 Å². The summed E-state index contributed by atoms with van der Waals surface area (Å²) in [6.45, 7) is 6.66. The minimum atomic E-state index is 0. The quantitative estimate of drug-likeness (QED) is 0.865. The average molecular weight is 368 g/mol. The van der Waals surface area contributed by atoms with Crippen molar-refractivity contribution in [3.63, 3.8) is 0 Å². The van der Waals surface area contributed by atoms with E-state index in [-0.39, 0.29) is 12.4 Å². The van der Waals surface area contributed by atoms with Gasteiger partial charge in [-0.1, -0.05) is 12.1 Å². The molecule has 0 saturated carbocycles. The van der Waals surface area contributed by atoms with Crippen LogP contribution in [0.4, 0.5) is 0 Å². The van der Waals surface area contributed by atoms with Crippen LogP contribution in [0.25, 0.3) is 0 Å². The smallest absolute Gasteiger partial charge is 0.223 e. The first-order chi connectivity index (χ1) is 11.8. The van der Waals surface area contributed by atoms with Crippen molar-refractivity contribution in [3.05, 3.63) is 29.8 Å². The predicted molar refractivity (Wildman–Crippen MR) is 103 cm³/mol. The number of nitrogens with one attached hydrogen (secondary N) is 1. The molecular weight excluding hydrogens is 338 g/mol. The van der Waals surface area contributed by atoms with Gasteiger partial charge >= 0.3 is 0 Å². The largest absolute Gasteiger partial charge is 0.497 e. The van der Waals surface area contributed by atoms with Crippen LogP contribution in [0.15, 0.2) is 24.3 Å². The first-order valence-electron chi connectivity index (χ1n) is 9.11. The van der Waals surface area contributed by atoms with Crippen LogP contribution < -0.4 is 10.1 Å². The maximum Gasteiger partial charge on any atom is 0.223 e. The molecule has 0 unspecified atom stereocenters. The highest BCUT2D eigenvalue weighted by Gasteiger charge is 2.22. The summed E-state index contributed by atoms with van der Waals surface area (Å²) in [4.78, 5) is 16.7. The van der Waals surface area contributed by atoms with Crippen LogP contribution in [0.2, 0.25) is 0 Å². The van der Waals surface area contributed by atoms with E-state index in [9.17, 15) is 4.79 Å². The van der Waals surface area contributed by atoms with Gasteiger partial charge in [-0.05, 0) is 49.5 Å². The molecule has 2 fully saturated rings. The van der Waals surface area contributed by atoms with Crippen LogP contribution in [0.3, 0.4) is 0 Å². The molecule has 2 aliphatic rings. The van der Waals surface area contributed by atoms with Crippen molar-refractivity contribution in [3.8, 4) is 5.75 Å². The zero-order chi connectivity index (χ0) is 16.8. The first-order valence-corrected chi connectivity index (χ1v) is 9.11. The summed E-state index contributed by atoms with van der Waals surface area (Å²) in [5.41, 5.74) is 1.41. The van der Waals surface area contributed by atoms with Gasteiger partial charge in [0.15, 0.2) is 0 Å². The molecule has 0 radical (unpaired) electrons. The second-order valence-electron chi connectivity index (χ2n) is 6.77. The molecule has 0 aliphatic carbocycles. The summed E-state index contributed by atoms with van der Waals surface area (Å²) in [6.07, 6.45) is 3.01. The third-order valence-corrected chi connectivity index (χ3v) is 5.29. The normalized spacial score (nSPS) is 19.3. The lowest BCUT2D eigenvalue weighted by Gasteiger charge is -2.33. The number of methoxy groups -OCH3 is 1. The monoisotopic (exact) mass is 367 g/mol. The van der Waals surface area contributed by atoms with Crippen LogP contribution in [-0.4, -0.2) is 68.6 Å². The van der Waals surface area contributed by atoms with Crippen molar-refractivity contribution < 1.29 is 9.53 Å². The fourth-order valence-electron chi connectivity index (χ4n) is 3.69. The lowest BCUT2D eigenvalue weighted by atomic mass is 9.89. The van der Waals surface area contributed by atoms with Gasteiger partial charge < -0.3 is 19.9 Å². The molecule has 1 aromatic rings. The Morgan fingerprint density at radius 2 is 1.76 bits per heavy atom. The van der Waals surface area contributed by atoms with Gasteiger partial charge in [-0.3, -0.25) is 4.79 Å². The van der Waals surface area contributed by atoms with Gasteiger partial charge in [0.1, 0.15) is 5.75 Å². The standard InChI is InChI=1S/C19H29N3O2.ClH/c1-24-18-4-2-16(3-5-18)17-6-11-21(12-7-17)13-8-19(23)22-14-9-20-10-15-22;/h2-5,17,20H,6-15H2,1H3;1H. The summed E-state index contributed by atoms with van der Waals surface area (Å²) in [5, 5.41) is 3.29. The Hall–Kier alpha value is -1.30. The van der Waals surface area contributed by atoms with E-state index in [1.54, 1.807) is 7.11 Å². The van der Waals surface area contributed by atoms with Crippen molar-refractivity contribution in [2.24, 2.45) is 0 Å². The van der Waals surface area contributed by atoms with E-state index in [4.69, 9.17) is 4.74 Å². The Morgan fingerprint density at radius 3 is 2.36 bits per heavy atom. The van der Waals surface area contributed by atoms with Gasteiger partial charge in [-0.25, -0.2) is 0 Å². The minimum Gasteiger partial charge on any atom is -0.497 e. The molecule has 5 nitrogen and oxygen atoms in total. The Kier molecular flexibility index (Phi) is 8.00. The second-order valence-corrected chi connectivity index (χ2v) is 6.77. The third-order valence-electron chi connectivity index (χ3n) is 5.29. The Labute approximate surface area is 157 Å². The summed E-state index contributed by atoms with van der Waals surface area (Å²) in [7, 11) is 1.70. The van der Waals surface area contributed by atoms with Gasteiger partial charge in [-0.2, -0.15) is 0 Å². The van der Waals surface area contributed by atoms with Gasteiger partial charge in [-0.15, -0.1) is 12.4 Å². The number of ether oxygens (including phenoxy) is 1. The number of hydrogen-bond donors (Lipinski definition) is 1. The molecule has 0 bridgehead atoms. The number of rotatable bonds is 5. The van der Waals surface area contributed by atoms with E-state index in [0.717, 1.165) is 51.6 Å². The number of piperazine rings is 1. The maximum atomic E-state index is 12.2. The number of carbonyl (C=O) groups is 1. The van der Waals surface area contributed by atoms with Gasteiger partial charge in [0.05, 0.1) is 7.11 Å². The molecule has 1 amide bonds. The molecule has 3 rings (SSSR count). The Bertz CT molecular complexity index is 524. The molecule has 1 aromatic carbocycles. The van der Waals surface area contributed by atoms with Gasteiger partial charge in [0, 0.05) is 39.1 Å². The predicted octanol–water partition coefficient (Wildman–Crippen LogP) is 2.12. The highest BCUT2D eigenvalue weighted by molar-refractivity contribution is 5.85. The van der Waals surface area contributed by atoms with E-state index in [0.29, 0.717) is 18.2 Å². The molecule has 2 saturated heterocycles. The molecule has 140 valence electrons. The molecule has 0 spiro atoms. The summed E-state index contributed by atoms with van der Waals surface area (Å²) >= 11 is 0. The zero-order valence-corrected chi connectivity index (χ0v) is 15.9. The van der Waals surface area contributed by atoms with Gasteiger partial charge in [0.25, 0.3) is 0 Å². The molecule has 2 aliphatic heterocycles. The van der Waals surface area contributed by atoms with Crippen LogP contribution in [0.5, 0.6) is 5.75 Å². The molecule has 1 N–H and O–H groups in total. The Morgan fingerprint density at radius 1 is 1.12 bits per heavy atom. The minimum absolute atomic E-state index is 0. The average Bonchev–Trinajstić information content (AvgIpc) is 2.67. The van der Waals surface area contributed by atoms with Crippen molar-refractivity contribution in [1.82, 2.24) is 15.1 Å². The molecule has 6 heteroatoms. The SMILES string of the molecule is COc1ccc(C2CCN(CCC(=O)N3CCNCC3)CC2)cc1.Cl. The van der Waals surface area contributed by atoms with Crippen LogP contribution in [0, 0.1) is 0 Å². The number of halogens is 1. The van der Waals surface area contributed by atoms with Crippen molar-refractivity contribution in [2.75, 3.05) is 52.9 Å². The van der Waals surface area contributed by atoms with E-state index < -0.39 is 0 Å². The summed E-state index contributed by atoms with van der Waals surface area (Å²) in [6, 6.07) is 8.47. The number of piperidine rings is 1. The molecule has 0 atom stereocenters. The van der Waals surface area contributed by atoms with Crippen LogP contribution in [0.1, 0.15) is 30.7 Å². The lowest BCUT2D eigenvalue weighted by molar-refractivity contribution is -0.132. The van der Waals surface area contributed by atoms with E-state index in [1.807, 2.05) is 17.0 Å². The molecular formula is C19H30ClN3O2.